The number of carbonyl (C=O) groups is 2. The number of aromatic hydroxyl groups is 1. The van der Waals surface area contributed by atoms with Crippen LogP contribution in [0, 0.1) is 0 Å². The third-order valence-electron chi connectivity index (χ3n) is 7.12. The summed E-state index contributed by atoms with van der Waals surface area (Å²) in [5, 5.41) is 20.9. The zero-order valence-corrected chi connectivity index (χ0v) is 22.5. The van der Waals surface area contributed by atoms with Crippen molar-refractivity contribution < 1.29 is 32.6 Å². The van der Waals surface area contributed by atoms with E-state index in [-0.39, 0.29) is 28.9 Å². The van der Waals surface area contributed by atoms with Crippen LogP contribution >= 0.6 is 0 Å². The van der Waals surface area contributed by atoms with Crippen LogP contribution < -0.4 is 15.4 Å². The zero-order valence-electron chi connectivity index (χ0n) is 22.5. The molecule has 1 aliphatic carbocycles. The van der Waals surface area contributed by atoms with Crippen molar-refractivity contribution in [1.82, 2.24) is 15.1 Å². The molecule has 11 heteroatoms. The Morgan fingerprint density at radius 3 is 2.36 bits per heavy atom. The average Bonchev–Trinajstić information content (AvgIpc) is 3.64. The van der Waals surface area contributed by atoms with Crippen molar-refractivity contribution in [3.63, 3.8) is 0 Å². The minimum atomic E-state index is -4.83. The van der Waals surface area contributed by atoms with E-state index in [1.165, 1.54) is 22.9 Å². The molecule has 0 saturated heterocycles. The van der Waals surface area contributed by atoms with Crippen molar-refractivity contribution in [2.24, 2.45) is 0 Å². The molecule has 0 aliphatic heterocycles. The fourth-order valence-electron chi connectivity index (χ4n) is 5.07. The molecule has 42 heavy (non-hydrogen) atoms. The molecule has 0 bridgehead atoms. The Morgan fingerprint density at radius 1 is 0.976 bits per heavy atom. The van der Waals surface area contributed by atoms with Gasteiger partial charge in [-0.1, -0.05) is 43.2 Å². The summed E-state index contributed by atoms with van der Waals surface area (Å²) in [6.45, 7) is 0.444. The van der Waals surface area contributed by atoms with Gasteiger partial charge in [0.25, 0.3) is 5.91 Å². The molecule has 1 aromatic heterocycles. The molecule has 1 heterocycles. The Morgan fingerprint density at radius 2 is 1.69 bits per heavy atom. The van der Waals surface area contributed by atoms with Gasteiger partial charge in [0.05, 0.1) is 11.4 Å². The number of hydrogen-bond acceptors (Lipinski definition) is 5. The van der Waals surface area contributed by atoms with Crippen LogP contribution in [-0.4, -0.2) is 39.7 Å². The molecule has 1 fully saturated rings. The third kappa shape index (κ3) is 7.09. The van der Waals surface area contributed by atoms with Gasteiger partial charge in [-0.2, -0.15) is 9.78 Å². The van der Waals surface area contributed by atoms with Crippen LogP contribution in [0.15, 0.2) is 78.9 Å². The van der Waals surface area contributed by atoms with Crippen molar-refractivity contribution in [1.29, 1.82) is 0 Å². The lowest BCUT2D eigenvalue weighted by Gasteiger charge is -2.12. The Labute approximate surface area is 240 Å². The molecule has 1 saturated carbocycles. The molecule has 3 N–H and O–H groups in total. The van der Waals surface area contributed by atoms with Gasteiger partial charge in [-0.05, 0) is 67.3 Å². The summed E-state index contributed by atoms with van der Waals surface area (Å²) in [5.41, 5.74) is 3.08. The highest BCUT2D eigenvalue weighted by Crippen LogP contribution is 2.38. The molecular formula is C31H29F3N4O4. The number of carbonyl (C=O) groups excluding carboxylic acids is 2. The highest BCUT2D eigenvalue weighted by atomic mass is 19.4. The van der Waals surface area contributed by atoms with Gasteiger partial charge >= 0.3 is 12.4 Å². The van der Waals surface area contributed by atoms with Gasteiger partial charge in [-0.25, -0.2) is 4.79 Å². The number of nitrogens with zero attached hydrogens (tertiary/aromatic N) is 2. The smallest absolute Gasteiger partial charge is 0.507 e. The highest BCUT2D eigenvalue weighted by Gasteiger charge is 2.31. The number of rotatable bonds is 8. The van der Waals surface area contributed by atoms with E-state index in [1.54, 1.807) is 12.1 Å². The first-order valence-corrected chi connectivity index (χ1v) is 13.6. The lowest BCUT2D eigenvalue weighted by Crippen LogP contribution is -2.32. The van der Waals surface area contributed by atoms with E-state index in [9.17, 15) is 27.9 Å². The van der Waals surface area contributed by atoms with Crippen LogP contribution in [0.25, 0.3) is 11.3 Å². The molecule has 218 valence electrons. The van der Waals surface area contributed by atoms with Crippen molar-refractivity contribution in [2.45, 2.75) is 44.4 Å². The third-order valence-corrected chi connectivity index (χ3v) is 7.12. The summed E-state index contributed by atoms with van der Waals surface area (Å²) in [5.74, 6) is -1.00. The van der Waals surface area contributed by atoms with E-state index >= 15 is 0 Å². The topological polar surface area (TPSA) is 105 Å². The number of benzene rings is 3. The zero-order chi connectivity index (χ0) is 29.7. The van der Waals surface area contributed by atoms with E-state index in [0.29, 0.717) is 24.2 Å². The number of hydrogen-bond donors (Lipinski definition) is 3. The van der Waals surface area contributed by atoms with E-state index in [0.717, 1.165) is 49.1 Å². The normalized spacial score (nSPS) is 13.6. The molecule has 5 rings (SSSR count). The van der Waals surface area contributed by atoms with Crippen molar-refractivity contribution >= 4 is 17.6 Å². The van der Waals surface area contributed by atoms with Crippen LogP contribution in [0.2, 0.25) is 0 Å². The maximum Gasteiger partial charge on any atom is 0.573 e. The maximum atomic E-state index is 13.2. The van der Waals surface area contributed by atoms with Gasteiger partial charge in [0.1, 0.15) is 11.5 Å². The molecule has 0 unspecified atom stereocenters. The Hall–Kier alpha value is -4.80. The summed E-state index contributed by atoms with van der Waals surface area (Å²) < 4.78 is 42.3. The predicted octanol–water partition coefficient (Wildman–Crippen LogP) is 6.86. The maximum absolute atomic E-state index is 13.2. The number of halogens is 3. The standard InChI is InChI=1S/C31H29F3N4O4/c32-31(33,34)42-24-13-10-22(11-14-24)29(40)36-23-12-15-25(28(39)18-23)26-19-27(21-8-4-5-9-21)38(37-26)30(41)35-17-16-20-6-2-1-3-7-20/h1-3,6-7,10-15,18-19,21,39H,4-5,8-9,16-17H2,(H,35,41)(H,36,40). The molecule has 0 radical (unpaired) electrons. The molecular weight excluding hydrogens is 549 g/mol. The largest absolute Gasteiger partial charge is 0.573 e. The fourth-order valence-corrected chi connectivity index (χ4v) is 5.07. The van der Waals surface area contributed by atoms with Crippen LogP contribution in [0.4, 0.5) is 23.7 Å². The van der Waals surface area contributed by atoms with Gasteiger partial charge in [-0.15, -0.1) is 13.2 Å². The molecule has 4 aromatic rings. The minimum absolute atomic E-state index is 0.103. The average molecular weight is 579 g/mol. The lowest BCUT2D eigenvalue weighted by molar-refractivity contribution is -0.274. The number of ether oxygens (including phenoxy) is 1. The summed E-state index contributed by atoms with van der Waals surface area (Å²) in [7, 11) is 0. The second kappa shape index (κ2) is 12.4. The first kappa shape index (κ1) is 28.7. The monoisotopic (exact) mass is 578 g/mol. The van der Waals surface area contributed by atoms with E-state index in [2.05, 4.69) is 20.5 Å². The first-order valence-electron chi connectivity index (χ1n) is 13.6. The number of phenols is 1. The van der Waals surface area contributed by atoms with Crippen LogP contribution in [-0.2, 0) is 6.42 Å². The Balaban J connectivity index is 1.30. The van der Waals surface area contributed by atoms with Gasteiger partial charge in [0.2, 0.25) is 0 Å². The number of aromatic nitrogens is 2. The molecule has 8 nitrogen and oxygen atoms in total. The number of phenolic OH excluding ortho intramolecular Hbond substituents is 1. The fraction of sp³-hybridized carbons (Fsp3) is 0.258. The van der Waals surface area contributed by atoms with Crippen molar-refractivity contribution in [3.05, 3.63) is 95.7 Å². The SMILES string of the molecule is O=C(Nc1ccc(-c2cc(C3CCCC3)n(C(=O)NCCc3ccccc3)n2)c(O)c1)c1ccc(OC(F)(F)F)cc1. The van der Waals surface area contributed by atoms with Crippen molar-refractivity contribution in [3.8, 4) is 22.8 Å². The minimum Gasteiger partial charge on any atom is -0.507 e. The number of nitrogens with one attached hydrogen (secondary N) is 2. The Kier molecular flexibility index (Phi) is 8.46. The molecule has 0 atom stereocenters. The Bertz CT molecular complexity index is 1550. The van der Waals surface area contributed by atoms with E-state index < -0.39 is 18.0 Å². The van der Waals surface area contributed by atoms with Gasteiger partial charge in [0, 0.05) is 35.3 Å². The van der Waals surface area contributed by atoms with Gasteiger partial charge in [0.15, 0.2) is 0 Å². The summed E-state index contributed by atoms with van der Waals surface area (Å²) in [4.78, 5) is 25.8. The quantitative estimate of drug-likeness (QED) is 0.212. The second-order valence-electron chi connectivity index (χ2n) is 10.1. The molecule has 2 amide bonds. The summed E-state index contributed by atoms with van der Waals surface area (Å²) >= 11 is 0. The predicted molar refractivity (Wildman–Crippen MR) is 151 cm³/mol. The number of amides is 2. The van der Waals surface area contributed by atoms with Crippen molar-refractivity contribution in [2.75, 3.05) is 11.9 Å². The molecule has 0 spiro atoms. The molecule has 1 aliphatic rings. The summed E-state index contributed by atoms with van der Waals surface area (Å²) in [6.07, 6.45) is -0.121. The first-order chi connectivity index (χ1) is 20.2. The van der Waals surface area contributed by atoms with E-state index in [4.69, 9.17) is 0 Å². The van der Waals surface area contributed by atoms with Crippen LogP contribution in [0.5, 0.6) is 11.5 Å². The number of anilines is 1. The summed E-state index contributed by atoms with van der Waals surface area (Å²) in [6, 6.07) is 20.3. The molecule has 3 aromatic carbocycles. The lowest BCUT2D eigenvalue weighted by atomic mass is 10.0. The second-order valence-corrected chi connectivity index (χ2v) is 10.1. The van der Waals surface area contributed by atoms with Crippen LogP contribution in [0.3, 0.4) is 0 Å². The van der Waals surface area contributed by atoms with E-state index in [1.807, 2.05) is 36.4 Å². The van der Waals surface area contributed by atoms with Gasteiger partial charge in [-0.3, -0.25) is 4.79 Å². The number of alkyl halides is 3. The highest BCUT2D eigenvalue weighted by molar-refractivity contribution is 6.04. The van der Waals surface area contributed by atoms with Gasteiger partial charge < -0.3 is 20.5 Å². The van der Waals surface area contributed by atoms with Crippen LogP contribution in [0.1, 0.15) is 53.2 Å².